The Morgan fingerprint density at radius 1 is 1.05 bits per heavy atom. The van der Waals surface area contributed by atoms with Gasteiger partial charge < -0.3 is 4.90 Å². The topological polar surface area (TPSA) is 20.3 Å². The third-order valence-electron chi connectivity index (χ3n) is 3.28. The summed E-state index contributed by atoms with van der Waals surface area (Å²) < 4.78 is 0. The molecular weight excluding hydrogens is 278 g/mol. The van der Waals surface area contributed by atoms with Crippen LogP contribution in [-0.4, -0.2) is 12.8 Å². The van der Waals surface area contributed by atoms with Gasteiger partial charge in [-0.3, -0.25) is 4.79 Å². The number of rotatable bonds is 3. The predicted molar refractivity (Wildman–Crippen MR) is 89.3 cm³/mol. The molecule has 2 aromatic rings. The van der Waals surface area contributed by atoms with Gasteiger partial charge in [-0.05, 0) is 23.8 Å². The van der Waals surface area contributed by atoms with Crippen LogP contribution in [0.2, 0.25) is 0 Å². The molecule has 1 heterocycles. The number of benzene rings is 2. The summed E-state index contributed by atoms with van der Waals surface area (Å²) in [6, 6.07) is 18.0. The summed E-state index contributed by atoms with van der Waals surface area (Å²) in [5, 5.41) is 0.957. The van der Waals surface area contributed by atoms with Crippen LogP contribution < -0.4 is 4.90 Å². The standard InChI is InChI=1S/C18H15NOS/c1-19-16-9-5-6-10-17(16)21-18(19)13-15(20)12-11-14-7-3-2-4-8-14/h2-13H,1H3/b12-11+,18-13?. The van der Waals surface area contributed by atoms with E-state index >= 15 is 0 Å². The smallest absolute Gasteiger partial charge is 0.181 e. The third kappa shape index (κ3) is 3.09. The number of allylic oxidation sites excluding steroid dienone is 2. The van der Waals surface area contributed by atoms with E-state index in [9.17, 15) is 4.79 Å². The lowest BCUT2D eigenvalue weighted by Gasteiger charge is -2.12. The summed E-state index contributed by atoms with van der Waals surface area (Å²) in [5.41, 5.74) is 2.17. The van der Waals surface area contributed by atoms with Gasteiger partial charge in [0.25, 0.3) is 0 Å². The summed E-state index contributed by atoms with van der Waals surface area (Å²) in [6.45, 7) is 0. The molecule has 0 spiro atoms. The van der Waals surface area contributed by atoms with Gasteiger partial charge in [0.1, 0.15) is 0 Å². The zero-order valence-electron chi connectivity index (χ0n) is 11.7. The fourth-order valence-electron chi connectivity index (χ4n) is 2.16. The Kier molecular flexibility index (Phi) is 3.93. The molecule has 1 aliphatic heterocycles. The fraction of sp³-hybridized carbons (Fsp3) is 0.0556. The third-order valence-corrected chi connectivity index (χ3v) is 4.44. The average molecular weight is 293 g/mol. The highest BCUT2D eigenvalue weighted by Crippen LogP contribution is 2.44. The molecule has 0 saturated carbocycles. The Balaban J connectivity index is 1.75. The molecule has 2 aromatic carbocycles. The van der Waals surface area contributed by atoms with E-state index in [4.69, 9.17) is 0 Å². The van der Waals surface area contributed by atoms with Crippen LogP contribution in [0.15, 0.2) is 76.7 Å². The van der Waals surface area contributed by atoms with Crippen LogP contribution in [0.1, 0.15) is 5.56 Å². The van der Waals surface area contributed by atoms with Crippen molar-refractivity contribution in [1.82, 2.24) is 0 Å². The minimum atomic E-state index is 0.000934. The second kappa shape index (κ2) is 6.02. The van der Waals surface area contributed by atoms with Crippen LogP contribution in [0, 0.1) is 0 Å². The molecule has 2 nitrogen and oxygen atoms in total. The number of hydrogen-bond donors (Lipinski definition) is 0. The molecule has 0 fully saturated rings. The van der Waals surface area contributed by atoms with E-state index in [0.717, 1.165) is 16.3 Å². The van der Waals surface area contributed by atoms with Gasteiger partial charge in [0.2, 0.25) is 0 Å². The van der Waals surface area contributed by atoms with Gasteiger partial charge in [-0.15, -0.1) is 0 Å². The fourth-order valence-corrected chi connectivity index (χ4v) is 3.25. The van der Waals surface area contributed by atoms with Crippen molar-refractivity contribution in [2.75, 3.05) is 11.9 Å². The van der Waals surface area contributed by atoms with Crippen molar-refractivity contribution >= 4 is 29.3 Å². The van der Waals surface area contributed by atoms with Crippen molar-refractivity contribution in [3.05, 3.63) is 77.3 Å². The van der Waals surface area contributed by atoms with Crippen LogP contribution in [-0.2, 0) is 4.79 Å². The van der Waals surface area contributed by atoms with E-state index in [0.29, 0.717) is 0 Å². The first kappa shape index (κ1) is 13.7. The SMILES string of the molecule is CN1C(=CC(=O)/C=C/c2ccccc2)Sc2ccccc21. The van der Waals surface area contributed by atoms with E-state index in [1.54, 1.807) is 23.9 Å². The molecule has 21 heavy (non-hydrogen) atoms. The number of fused-ring (bicyclic) bond motifs is 1. The largest absolute Gasteiger partial charge is 0.338 e. The Hall–Kier alpha value is -2.26. The maximum atomic E-state index is 12.1. The molecule has 3 rings (SSSR count). The van der Waals surface area contributed by atoms with Gasteiger partial charge in [-0.25, -0.2) is 0 Å². The van der Waals surface area contributed by atoms with E-state index in [-0.39, 0.29) is 5.78 Å². The number of nitrogens with zero attached hydrogens (tertiary/aromatic N) is 1. The number of carbonyl (C=O) groups excluding carboxylic acids is 1. The Bertz CT molecular complexity index is 719. The first-order valence-electron chi connectivity index (χ1n) is 6.73. The van der Waals surface area contributed by atoms with E-state index in [2.05, 4.69) is 12.1 Å². The highest BCUT2D eigenvalue weighted by molar-refractivity contribution is 8.03. The van der Waals surface area contributed by atoms with Gasteiger partial charge in [0.15, 0.2) is 5.78 Å². The van der Waals surface area contributed by atoms with Crippen molar-refractivity contribution in [1.29, 1.82) is 0 Å². The van der Waals surface area contributed by atoms with Gasteiger partial charge in [-0.1, -0.05) is 60.3 Å². The number of carbonyl (C=O) groups is 1. The van der Waals surface area contributed by atoms with Crippen LogP contribution in [0.25, 0.3) is 6.08 Å². The summed E-state index contributed by atoms with van der Waals surface area (Å²) >= 11 is 1.63. The Morgan fingerprint density at radius 2 is 1.76 bits per heavy atom. The summed E-state index contributed by atoms with van der Waals surface area (Å²) in [7, 11) is 1.98. The van der Waals surface area contributed by atoms with Crippen molar-refractivity contribution in [3.8, 4) is 0 Å². The second-order valence-corrected chi connectivity index (χ2v) is 5.82. The number of ketones is 1. The predicted octanol–water partition coefficient (Wildman–Crippen LogP) is 4.35. The molecule has 0 atom stereocenters. The number of thioether (sulfide) groups is 1. The average Bonchev–Trinajstić information content (AvgIpc) is 2.83. The minimum Gasteiger partial charge on any atom is -0.338 e. The van der Waals surface area contributed by atoms with Crippen molar-refractivity contribution < 1.29 is 4.79 Å². The first-order valence-corrected chi connectivity index (χ1v) is 7.55. The zero-order valence-corrected chi connectivity index (χ0v) is 12.5. The van der Waals surface area contributed by atoms with Crippen molar-refractivity contribution in [2.24, 2.45) is 0 Å². The van der Waals surface area contributed by atoms with Crippen LogP contribution in [0.3, 0.4) is 0 Å². The van der Waals surface area contributed by atoms with Gasteiger partial charge in [0, 0.05) is 18.0 Å². The van der Waals surface area contributed by atoms with Crippen molar-refractivity contribution in [2.45, 2.75) is 4.90 Å². The Morgan fingerprint density at radius 3 is 2.52 bits per heavy atom. The van der Waals surface area contributed by atoms with Crippen LogP contribution in [0.5, 0.6) is 0 Å². The van der Waals surface area contributed by atoms with Crippen LogP contribution in [0.4, 0.5) is 5.69 Å². The lowest BCUT2D eigenvalue weighted by molar-refractivity contribution is -0.110. The van der Waals surface area contributed by atoms with E-state index in [1.165, 1.54) is 4.90 Å². The lowest BCUT2D eigenvalue weighted by atomic mass is 10.2. The van der Waals surface area contributed by atoms with Crippen LogP contribution >= 0.6 is 11.8 Å². The summed E-state index contributed by atoms with van der Waals surface area (Å²) in [4.78, 5) is 15.3. The van der Waals surface area contributed by atoms with E-state index in [1.807, 2.05) is 60.5 Å². The quantitative estimate of drug-likeness (QED) is 0.785. The molecule has 0 N–H and O–H groups in total. The molecule has 0 saturated heterocycles. The summed E-state index contributed by atoms with van der Waals surface area (Å²) in [5.74, 6) is 0.000934. The summed E-state index contributed by atoms with van der Waals surface area (Å²) in [6.07, 6.45) is 5.13. The van der Waals surface area contributed by atoms with Gasteiger partial charge in [-0.2, -0.15) is 0 Å². The molecule has 3 heteroatoms. The number of anilines is 1. The molecule has 0 unspecified atom stereocenters. The number of hydrogen-bond acceptors (Lipinski definition) is 3. The van der Waals surface area contributed by atoms with E-state index < -0.39 is 0 Å². The van der Waals surface area contributed by atoms with Crippen molar-refractivity contribution in [3.63, 3.8) is 0 Å². The monoisotopic (exact) mass is 293 g/mol. The maximum absolute atomic E-state index is 12.1. The van der Waals surface area contributed by atoms with Gasteiger partial charge >= 0.3 is 0 Å². The lowest BCUT2D eigenvalue weighted by Crippen LogP contribution is -2.10. The highest BCUT2D eigenvalue weighted by Gasteiger charge is 2.21. The normalized spacial score (nSPS) is 15.7. The molecule has 0 radical (unpaired) electrons. The molecule has 1 aliphatic rings. The first-order chi connectivity index (χ1) is 10.2. The van der Waals surface area contributed by atoms with Gasteiger partial charge in [0.05, 0.1) is 10.7 Å². The molecule has 0 bridgehead atoms. The maximum Gasteiger partial charge on any atom is 0.181 e. The zero-order chi connectivity index (χ0) is 14.7. The molecule has 0 aliphatic carbocycles. The molecule has 104 valence electrons. The molecule has 0 amide bonds. The molecular formula is C18H15NOS. The Labute approximate surface area is 128 Å². The second-order valence-electron chi connectivity index (χ2n) is 4.76. The number of para-hydroxylation sites is 1. The highest BCUT2D eigenvalue weighted by atomic mass is 32.2. The molecule has 0 aromatic heterocycles. The minimum absolute atomic E-state index is 0.000934.